The lowest BCUT2D eigenvalue weighted by atomic mass is 9.84. The van der Waals surface area contributed by atoms with E-state index in [-0.39, 0.29) is 24.3 Å². The summed E-state index contributed by atoms with van der Waals surface area (Å²) >= 11 is 0. The van der Waals surface area contributed by atoms with Crippen LogP contribution >= 0.6 is 0 Å². The van der Waals surface area contributed by atoms with Gasteiger partial charge in [-0.1, -0.05) is 26.0 Å². The van der Waals surface area contributed by atoms with Crippen molar-refractivity contribution in [1.82, 2.24) is 0 Å². The number of nitrogens with zero attached hydrogens (tertiary/aromatic N) is 1. The number of hydrogen-bond donors (Lipinski definition) is 2. The first-order valence-electron chi connectivity index (χ1n) is 6.21. The number of hydrogen-bond acceptors (Lipinski definition) is 3. The maximum atomic E-state index is 11.8. The third kappa shape index (κ3) is 2.46. The lowest BCUT2D eigenvalue weighted by Crippen LogP contribution is -2.32. The number of amides is 1. The Morgan fingerprint density at radius 1 is 1.47 bits per heavy atom. The molecule has 1 aromatic carbocycles. The monoisotopic (exact) mass is 262 g/mol. The van der Waals surface area contributed by atoms with E-state index in [2.05, 4.69) is 0 Å². The molecule has 1 aliphatic heterocycles. The van der Waals surface area contributed by atoms with Crippen LogP contribution in [0.2, 0.25) is 0 Å². The number of rotatable bonds is 4. The first-order valence-corrected chi connectivity index (χ1v) is 6.21. The molecule has 102 valence electrons. The minimum Gasteiger partial charge on any atom is -0.480 e. The molecular weight excluding hydrogens is 244 g/mol. The van der Waals surface area contributed by atoms with Crippen molar-refractivity contribution in [2.45, 2.75) is 25.7 Å². The number of carboxylic acids is 1. The van der Waals surface area contributed by atoms with Gasteiger partial charge in [-0.05, 0) is 17.2 Å². The number of fused-ring (bicyclic) bond motifs is 1. The van der Waals surface area contributed by atoms with Crippen molar-refractivity contribution >= 4 is 17.6 Å². The van der Waals surface area contributed by atoms with Gasteiger partial charge in [0.25, 0.3) is 0 Å². The van der Waals surface area contributed by atoms with E-state index in [0.29, 0.717) is 12.2 Å². The van der Waals surface area contributed by atoms with Crippen LogP contribution in [0.1, 0.15) is 25.0 Å². The highest BCUT2D eigenvalue weighted by Crippen LogP contribution is 2.33. The number of carboxylic acid groups (broad SMARTS) is 1. The van der Waals surface area contributed by atoms with Crippen LogP contribution in [0.4, 0.5) is 5.69 Å². The van der Waals surface area contributed by atoms with Gasteiger partial charge in [-0.3, -0.25) is 9.59 Å². The second-order valence-electron chi connectivity index (χ2n) is 5.48. The molecule has 1 heterocycles. The molecule has 3 N–H and O–H groups in total. The second kappa shape index (κ2) is 4.66. The van der Waals surface area contributed by atoms with Crippen molar-refractivity contribution in [3.8, 4) is 0 Å². The van der Waals surface area contributed by atoms with Crippen molar-refractivity contribution in [2.75, 3.05) is 18.0 Å². The summed E-state index contributed by atoms with van der Waals surface area (Å²) in [7, 11) is 0. The fraction of sp³-hybridized carbons (Fsp3) is 0.429. The molecule has 0 aliphatic carbocycles. The Bertz CT molecular complexity index is 537. The molecule has 1 amide bonds. The highest BCUT2D eigenvalue weighted by molar-refractivity contribution is 6.04. The van der Waals surface area contributed by atoms with Crippen molar-refractivity contribution in [3.63, 3.8) is 0 Å². The van der Waals surface area contributed by atoms with Crippen LogP contribution in [0, 0.1) is 0 Å². The van der Waals surface area contributed by atoms with Gasteiger partial charge >= 0.3 is 5.97 Å². The zero-order chi connectivity index (χ0) is 14.2. The molecule has 0 unspecified atom stereocenters. The van der Waals surface area contributed by atoms with Crippen LogP contribution in [-0.2, 0) is 21.4 Å². The molecule has 0 aromatic heterocycles. The first-order chi connectivity index (χ1) is 8.85. The van der Waals surface area contributed by atoms with Gasteiger partial charge in [-0.15, -0.1) is 0 Å². The normalized spacial score (nSPS) is 14.7. The minimum atomic E-state index is -1.01. The molecule has 0 atom stereocenters. The summed E-state index contributed by atoms with van der Waals surface area (Å²) in [5, 5.41) is 8.83. The number of benzene rings is 1. The third-order valence-corrected chi connectivity index (χ3v) is 3.60. The molecule has 5 nitrogen and oxygen atoms in total. The summed E-state index contributed by atoms with van der Waals surface area (Å²) in [5.74, 6) is -1.17. The number of carbonyl (C=O) groups excluding carboxylic acids is 1. The maximum Gasteiger partial charge on any atom is 0.323 e. The fourth-order valence-electron chi connectivity index (χ4n) is 2.23. The van der Waals surface area contributed by atoms with Crippen LogP contribution in [-0.4, -0.2) is 30.1 Å². The van der Waals surface area contributed by atoms with Gasteiger partial charge in [-0.25, -0.2) is 0 Å². The standard InChI is InChI=1S/C14H18N2O3/c1-14(2,8-15)10-3-4-11-9(5-10)6-12(17)16(11)7-13(18)19/h3-5H,6-8,15H2,1-2H3,(H,18,19). The Morgan fingerprint density at radius 3 is 2.74 bits per heavy atom. The first kappa shape index (κ1) is 13.5. The molecule has 0 bridgehead atoms. The van der Waals surface area contributed by atoms with Crippen LogP contribution in [0.25, 0.3) is 0 Å². The predicted molar refractivity (Wildman–Crippen MR) is 72.2 cm³/mol. The van der Waals surface area contributed by atoms with Gasteiger partial charge in [0.2, 0.25) is 5.91 Å². The summed E-state index contributed by atoms with van der Waals surface area (Å²) in [6, 6.07) is 5.69. The van der Waals surface area contributed by atoms with E-state index < -0.39 is 5.97 Å². The van der Waals surface area contributed by atoms with Crippen LogP contribution in [0.5, 0.6) is 0 Å². The van der Waals surface area contributed by atoms with E-state index in [1.54, 1.807) is 0 Å². The van der Waals surface area contributed by atoms with E-state index in [1.807, 2.05) is 32.0 Å². The highest BCUT2D eigenvalue weighted by atomic mass is 16.4. The quantitative estimate of drug-likeness (QED) is 0.844. The average Bonchev–Trinajstić information content (AvgIpc) is 2.64. The van der Waals surface area contributed by atoms with Gasteiger partial charge in [-0.2, -0.15) is 0 Å². The van der Waals surface area contributed by atoms with Crippen LogP contribution < -0.4 is 10.6 Å². The average molecular weight is 262 g/mol. The number of carbonyl (C=O) groups is 2. The zero-order valence-electron chi connectivity index (χ0n) is 11.1. The molecule has 1 aliphatic rings. The number of nitrogens with two attached hydrogens (primary N) is 1. The van der Waals surface area contributed by atoms with E-state index in [4.69, 9.17) is 10.8 Å². The summed E-state index contributed by atoms with van der Waals surface area (Å²) in [6.45, 7) is 4.31. The van der Waals surface area contributed by atoms with E-state index >= 15 is 0 Å². The fourth-order valence-corrected chi connectivity index (χ4v) is 2.23. The zero-order valence-corrected chi connectivity index (χ0v) is 11.1. The SMILES string of the molecule is CC(C)(CN)c1ccc2c(c1)CC(=O)N2CC(=O)O. The Balaban J connectivity index is 2.37. The van der Waals surface area contributed by atoms with Crippen molar-refractivity contribution < 1.29 is 14.7 Å². The summed E-state index contributed by atoms with van der Waals surface area (Å²) in [5.41, 5.74) is 8.24. The third-order valence-electron chi connectivity index (χ3n) is 3.60. The minimum absolute atomic E-state index is 0.154. The molecular formula is C14H18N2O3. The lowest BCUT2D eigenvalue weighted by molar-refractivity contribution is -0.136. The second-order valence-corrected chi connectivity index (χ2v) is 5.48. The van der Waals surface area contributed by atoms with Gasteiger partial charge in [0.15, 0.2) is 0 Å². The van der Waals surface area contributed by atoms with Crippen molar-refractivity contribution in [3.05, 3.63) is 29.3 Å². The van der Waals surface area contributed by atoms with Gasteiger partial charge in [0.1, 0.15) is 6.54 Å². The summed E-state index contributed by atoms with van der Waals surface area (Å²) < 4.78 is 0. The van der Waals surface area contributed by atoms with Gasteiger partial charge in [0.05, 0.1) is 6.42 Å². The lowest BCUT2D eigenvalue weighted by Gasteiger charge is -2.24. The Morgan fingerprint density at radius 2 is 2.16 bits per heavy atom. The molecule has 19 heavy (non-hydrogen) atoms. The molecule has 5 heteroatoms. The van der Waals surface area contributed by atoms with E-state index in [0.717, 1.165) is 11.1 Å². The van der Waals surface area contributed by atoms with E-state index in [1.165, 1.54) is 4.90 Å². The molecule has 0 radical (unpaired) electrons. The van der Waals surface area contributed by atoms with Crippen molar-refractivity contribution in [1.29, 1.82) is 0 Å². The van der Waals surface area contributed by atoms with Crippen LogP contribution in [0.3, 0.4) is 0 Å². The Kier molecular flexibility index (Phi) is 3.32. The van der Waals surface area contributed by atoms with Crippen LogP contribution in [0.15, 0.2) is 18.2 Å². The molecule has 1 aromatic rings. The highest BCUT2D eigenvalue weighted by Gasteiger charge is 2.30. The largest absolute Gasteiger partial charge is 0.480 e. The van der Waals surface area contributed by atoms with Gasteiger partial charge in [0, 0.05) is 17.6 Å². The Hall–Kier alpha value is -1.88. The topological polar surface area (TPSA) is 83.6 Å². The molecule has 0 saturated carbocycles. The van der Waals surface area contributed by atoms with E-state index in [9.17, 15) is 9.59 Å². The molecule has 0 spiro atoms. The molecule has 2 rings (SSSR count). The summed E-state index contributed by atoms with van der Waals surface area (Å²) in [6.07, 6.45) is 0.261. The smallest absolute Gasteiger partial charge is 0.323 e. The maximum absolute atomic E-state index is 11.8. The van der Waals surface area contributed by atoms with Gasteiger partial charge < -0.3 is 15.7 Å². The number of anilines is 1. The summed E-state index contributed by atoms with van der Waals surface area (Å²) in [4.78, 5) is 23.9. The predicted octanol–water partition coefficient (Wildman–Crippen LogP) is 0.897. The van der Waals surface area contributed by atoms with Crippen molar-refractivity contribution in [2.24, 2.45) is 5.73 Å². The number of aliphatic carboxylic acids is 1. The Labute approximate surface area is 112 Å². The molecule has 0 fully saturated rings. The molecule has 0 saturated heterocycles.